The fourth-order valence-electron chi connectivity index (χ4n) is 1.06. The van der Waals surface area contributed by atoms with Crippen LogP contribution in [0, 0.1) is 0 Å². The van der Waals surface area contributed by atoms with E-state index in [1.54, 1.807) is 0 Å². The highest BCUT2D eigenvalue weighted by molar-refractivity contribution is 7.90. The van der Waals surface area contributed by atoms with Crippen LogP contribution in [0.4, 0.5) is 0 Å². The van der Waals surface area contributed by atoms with Crippen LogP contribution in [-0.2, 0) is 20.0 Å². The monoisotopic (exact) mass is 312 g/mol. The van der Waals surface area contributed by atoms with Crippen LogP contribution in [0.15, 0.2) is 21.6 Å². The Morgan fingerprint density at radius 3 is 2.42 bits per heavy atom. The molecule has 0 aliphatic carbocycles. The Labute approximate surface area is 109 Å². The van der Waals surface area contributed by atoms with E-state index in [0.717, 1.165) is 12.1 Å². The molecule has 1 rings (SSSR count). The highest BCUT2D eigenvalue weighted by Crippen LogP contribution is 2.13. The average Bonchev–Trinajstić information content (AvgIpc) is 2.78. The van der Waals surface area contributed by atoms with Gasteiger partial charge in [-0.2, -0.15) is 0 Å². The fraction of sp³-hybridized carbons (Fsp3) is 0.375. The quantitative estimate of drug-likeness (QED) is 0.574. The molecule has 9 nitrogen and oxygen atoms in total. The van der Waals surface area contributed by atoms with Crippen LogP contribution in [0.3, 0.4) is 0 Å². The smallest absolute Gasteiger partial charge is 0.371 e. The summed E-state index contributed by atoms with van der Waals surface area (Å²) in [5, 5.41) is 7.99. The maximum atomic E-state index is 11.6. The molecule has 0 aromatic carbocycles. The number of nitrogens with one attached hydrogen (secondary N) is 2. The average molecular weight is 312 g/mol. The van der Waals surface area contributed by atoms with Crippen molar-refractivity contribution in [3.63, 3.8) is 0 Å². The van der Waals surface area contributed by atoms with E-state index < -0.39 is 42.6 Å². The van der Waals surface area contributed by atoms with E-state index >= 15 is 0 Å². The lowest BCUT2D eigenvalue weighted by molar-refractivity contribution is 0.0656. The second-order valence-corrected chi connectivity index (χ2v) is 7.09. The minimum Gasteiger partial charge on any atom is -0.475 e. The third-order valence-electron chi connectivity index (χ3n) is 2.03. The third-order valence-corrected chi connectivity index (χ3v) is 4.73. The van der Waals surface area contributed by atoms with Crippen LogP contribution < -0.4 is 9.44 Å². The van der Waals surface area contributed by atoms with Gasteiger partial charge in [-0.1, -0.05) is 0 Å². The lowest BCUT2D eigenvalue weighted by atomic mass is 10.5. The number of hydrogen-bond acceptors (Lipinski definition) is 6. The van der Waals surface area contributed by atoms with E-state index in [9.17, 15) is 21.6 Å². The van der Waals surface area contributed by atoms with E-state index in [1.807, 2.05) is 9.44 Å². The molecule has 0 unspecified atom stereocenters. The Hall–Kier alpha value is -1.43. The molecule has 11 heteroatoms. The second-order valence-electron chi connectivity index (χ2n) is 3.34. The number of furan rings is 1. The molecule has 0 bridgehead atoms. The number of carbonyl (C=O) groups is 1. The molecule has 1 aromatic heterocycles. The van der Waals surface area contributed by atoms with Crippen molar-refractivity contribution in [2.75, 3.05) is 19.3 Å². The Bertz CT molecular complexity index is 659. The van der Waals surface area contributed by atoms with E-state index in [2.05, 4.69) is 4.42 Å². The second kappa shape index (κ2) is 5.69. The van der Waals surface area contributed by atoms with Gasteiger partial charge in [0.25, 0.3) is 10.0 Å². The first-order chi connectivity index (χ1) is 8.68. The van der Waals surface area contributed by atoms with Gasteiger partial charge in [-0.05, 0) is 19.2 Å². The highest BCUT2D eigenvalue weighted by atomic mass is 32.2. The van der Waals surface area contributed by atoms with Gasteiger partial charge in [0.15, 0.2) is 0 Å². The molecular weight excluding hydrogens is 300 g/mol. The molecule has 3 N–H and O–H groups in total. The number of aromatic carboxylic acids is 1. The van der Waals surface area contributed by atoms with Crippen molar-refractivity contribution in [1.82, 2.24) is 9.44 Å². The summed E-state index contributed by atoms with van der Waals surface area (Å²) in [4.78, 5) is 10.5. The predicted octanol–water partition coefficient (Wildman–Crippen LogP) is -1.19. The van der Waals surface area contributed by atoms with Crippen molar-refractivity contribution >= 4 is 26.0 Å². The van der Waals surface area contributed by atoms with Crippen molar-refractivity contribution in [2.24, 2.45) is 0 Å². The summed E-state index contributed by atoms with van der Waals surface area (Å²) < 4.78 is 54.0. The molecule has 0 spiro atoms. The summed E-state index contributed by atoms with van der Waals surface area (Å²) in [6, 6.07) is 1.96. The van der Waals surface area contributed by atoms with Crippen molar-refractivity contribution in [3.05, 3.63) is 17.9 Å². The molecule has 19 heavy (non-hydrogen) atoms. The predicted molar refractivity (Wildman–Crippen MR) is 63.7 cm³/mol. The minimum absolute atomic E-state index is 0.366. The fourth-order valence-corrected chi connectivity index (χ4v) is 2.73. The van der Waals surface area contributed by atoms with E-state index in [1.165, 1.54) is 7.05 Å². The molecule has 0 aliphatic rings. The Morgan fingerprint density at radius 1 is 1.32 bits per heavy atom. The zero-order chi connectivity index (χ0) is 14.7. The van der Waals surface area contributed by atoms with Crippen LogP contribution in [0.5, 0.6) is 0 Å². The van der Waals surface area contributed by atoms with Crippen LogP contribution >= 0.6 is 0 Å². The Morgan fingerprint density at radius 2 is 1.95 bits per heavy atom. The van der Waals surface area contributed by atoms with Gasteiger partial charge in [0.05, 0.1) is 5.75 Å². The number of carboxylic acid groups (broad SMARTS) is 1. The largest absolute Gasteiger partial charge is 0.475 e. The molecule has 0 radical (unpaired) electrons. The third kappa shape index (κ3) is 4.31. The number of sulfonamides is 2. The van der Waals surface area contributed by atoms with Crippen LogP contribution in [0.1, 0.15) is 10.6 Å². The Kier molecular flexibility index (Phi) is 4.68. The summed E-state index contributed by atoms with van der Waals surface area (Å²) in [6.07, 6.45) is 0. The molecule has 0 saturated carbocycles. The summed E-state index contributed by atoms with van der Waals surface area (Å²) in [5.74, 6) is -2.38. The molecule has 0 atom stereocenters. The summed E-state index contributed by atoms with van der Waals surface area (Å²) in [5.41, 5.74) is 0. The first-order valence-corrected chi connectivity index (χ1v) is 8.05. The summed E-state index contributed by atoms with van der Waals surface area (Å²) in [6.45, 7) is -0.366. The van der Waals surface area contributed by atoms with Gasteiger partial charge in [0.1, 0.15) is 0 Å². The van der Waals surface area contributed by atoms with Crippen molar-refractivity contribution < 1.29 is 31.2 Å². The SMILES string of the molecule is CNS(=O)(=O)CCNS(=O)(=O)c1ccc(C(=O)O)o1. The topological polar surface area (TPSA) is 143 Å². The minimum atomic E-state index is -4.08. The lowest BCUT2D eigenvalue weighted by Gasteiger charge is -2.04. The first kappa shape index (κ1) is 15.6. The molecule has 1 heterocycles. The molecule has 0 fully saturated rings. The van der Waals surface area contributed by atoms with Crippen LogP contribution in [0.2, 0.25) is 0 Å². The van der Waals surface area contributed by atoms with Crippen molar-refractivity contribution in [2.45, 2.75) is 5.09 Å². The van der Waals surface area contributed by atoms with Crippen molar-refractivity contribution in [1.29, 1.82) is 0 Å². The molecule has 0 amide bonds. The van der Waals surface area contributed by atoms with Crippen LogP contribution in [-0.4, -0.2) is 47.3 Å². The van der Waals surface area contributed by atoms with Crippen molar-refractivity contribution in [3.8, 4) is 0 Å². The Balaban J connectivity index is 2.73. The maximum Gasteiger partial charge on any atom is 0.371 e. The van der Waals surface area contributed by atoms with Gasteiger partial charge in [-0.25, -0.2) is 31.1 Å². The van der Waals surface area contributed by atoms with Gasteiger partial charge < -0.3 is 9.52 Å². The van der Waals surface area contributed by atoms with Gasteiger partial charge in [-0.15, -0.1) is 0 Å². The van der Waals surface area contributed by atoms with Gasteiger partial charge in [0, 0.05) is 6.54 Å². The maximum absolute atomic E-state index is 11.6. The van der Waals surface area contributed by atoms with E-state index in [-0.39, 0.29) is 6.54 Å². The van der Waals surface area contributed by atoms with E-state index in [0.29, 0.717) is 0 Å². The molecular formula is C8H12N2O7S2. The van der Waals surface area contributed by atoms with Gasteiger partial charge in [0.2, 0.25) is 20.9 Å². The molecule has 108 valence electrons. The van der Waals surface area contributed by atoms with Gasteiger partial charge >= 0.3 is 5.97 Å². The number of rotatable bonds is 7. The first-order valence-electron chi connectivity index (χ1n) is 4.92. The zero-order valence-corrected chi connectivity index (χ0v) is 11.4. The standard InChI is InChI=1S/C8H12N2O7S2/c1-9-18(13,14)5-4-10-19(15,16)7-3-2-6(17-7)8(11)12/h2-3,9-10H,4-5H2,1H3,(H,11,12). The van der Waals surface area contributed by atoms with Crippen LogP contribution in [0.25, 0.3) is 0 Å². The van der Waals surface area contributed by atoms with Gasteiger partial charge in [-0.3, -0.25) is 0 Å². The molecule has 0 aliphatic heterocycles. The van der Waals surface area contributed by atoms with E-state index in [4.69, 9.17) is 5.11 Å². The summed E-state index contributed by atoms with van der Waals surface area (Å²) >= 11 is 0. The number of carboxylic acids is 1. The molecule has 0 saturated heterocycles. The highest BCUT2D eigenvalue weighted by Gasteiger charge is 2.21. The summed E-state index contributed by atoms with van der Waals surface area (Å²) in [7, 11) is -6.41. The normalized spacial score (nSPS) is 12.5. The lowest BCUT2D eigenvalue weighted by Crippen LogP contribution is -2.32. The zero-order valence-electron chi connectivity index (χ0n) is 9.78. The number of hydrogen-bond donors (Lipinski definition) is 3. The molecule has 1 aromatic rings.